The van der Waals surface area contributed by atoms with Gasteiger partial charge in [0.2, 0.25) is 7.37 Å². The number of nitrogens with zero attached hydrogens (tertiary/aromatic N) is 1. The van der Waals surface area contributed by atoms with Gasteiger partial charge in [0, 0.05) is 6.16 Å². The largest absolute Gasteiger partial charge is 0.343 e. The zero-order valence-electron chi connectivity index (χ0n) is 8.81. The second-order valence-electron chi connectivity index (χ2n) is 3.96. The molecule has 80 valence electrons. The summed E-state index contributed by atoms with van der Waals surface area (Å²) in [4.78, 5) is 11.4. The van der Waals surface area contributed by atoms with Gasteiger partial charge in [-0.2, -0.15) is 0 Å². The Morgan fingerprint density at radius 3 is 2.79 bits per heavy atom. The van der Waals surface area contributed by atoms with Gasteiger partial charge >= 0.3 is 0 Å². The number of hydrogen-bond donors (Lipinski definition) is 1. The monoisotopic (exact) mass is 215 g/mol. The zero-order chi connectivity index (χ0) is 10.6. The maximum atomic E-state index is 11.6. The quantitative estimate of drug-likeness (QED) is 0.713. The molecule has 0 amide bonds. The highest BCUT2D eigenvalue weighted by Gasteiger charge is 2.19. The summed E-state index contributed by atoms with van der Waals surface area (Å²) in [6.07, 6.45) is 8.58. The minimum Gasteiger partial charge on any atom is -0.343 e. The number of hydrogen-bond acceptors (Lipinski definition) is 2. The summed E-state index contributed by atoms with van der Waals surface area (Å²) >= 11 is 0. The molecule has 0 aromatic rings. The highest BCUT2D eigenvalue weighted by molar-refractivity contribution is 7.57. The van der Waals surface area contributed by atoms with Crippen LogP contribution in [-0.2, 0) is 4.57 Å². The van der Waals surface area contributed by atoms with Crippen LogP contribution >= 0.6 is 7.37 Å². The van der Waals surface area contributed by atoms with Crippen molar-refractivity contribution in [2.75, 3.05) is 26.5 Å². The maximum Gasteiger partial charge on any atom is 0.214 e. The summed E-state index contributed by atoms with van der Waals surface area (Å²) in [6.45, 7) is 0. The summed E-state index contributed by atoms with van der Waals surface area (Å²) in [5.74, 6) is 0. The lowest BCUT2D eigenvalue weighted by Gasteiger charge is -2.16. The van der Waals surface area contributed by atoms with E-state index in [4.69, 9.17) is 0 Å². The molecule has 1 aliphatic rings. The van der Waals surface area contributed by atoms with E-state index >= 15 is 0 Å². The molecule has 0 radical (unpaired) electrons. The lowest BCUT2D eigenvalue weighted by Crippen LogP contribution is -2.14. The van der Waals surface area contributed by atoms with Crippen molar-refractivity contribution in [3.05, 3.63) is 23.8 Å². The summed E-state index contributed by atoms with van der Waals surface area (Å²) in [5, 5.41) is 0. The lowest BCUT2D eigenvalue weighted by atomic mass is 10.2. The van der Waals surface area contributed by atoms with Crippen LogP contribution in [0.4, 0.5) is 0 Å². The summed E-state index contributed by atoms with van der Waals surface area (Å²) < 4.78 is 11.6. The predicted octanol–water partition coefficient (Wildman–Crippen LogP) is 2.05. The third-order valence-electron chi connectivity index (χ3n) is 2.10. The molecule has 0 bridgehead atoms. The van der Waals surface area contributed by atoms with Crippen LogP contribution in [0.15, 0.2) is 23.8 Å². The topological polar surface area (TPSA) is 40.5 Å². The van der Waals surface area contributed by atoms with E-state index in [9.17, 15) is 9.46 Å². The average molecular weight is 215 g/mol. The maximum absolute atomic E-state index is 11.6. The van der Waals surface area contributed by atoms with Crippen molar-refractivity contribution in [2.24, 2.45) is 0 Å². The molecule has 1 unspecified atom stereocenters. The van der Waals surface area contributed by atoms with Crippen molar-refractivity contribution >= 4 is 7.37 Å². The van der Waals surface area contributed by atoms with Crippen LogP contribution in [0.25, 0.3) is 0 Å². The Morgan fingerprint density at radius 2 is 2.29 bits per heavy atom. The van der Waals surface area contributed by atoms with Crippen LogP contribution in [0.3, 0.4) is 0 Å². The lowest BCUT2D eigenvalue weighted by molar-refractivity contribution is 0.414. The van der Waals surface area contributed by atoms with Gasteiger partial charge in [0.25, 0.3) is 0 Å². The van der Waals surface area contributed by atoms with E-state index in [1.54, 1.807) is 4.90 Å². The fourth-order valence-corrected chi connectivity index (χ4v) is 3.14. The van der Waals surface area contributed by atoms with Crippen molar-refractivity contribution in [3.63, 3.8) is 0 Å². The summed E-state index contributed by atoms with van der Waals surface area (Å²) in [7, 11) is 0.684. The van der Waals surface area contributed by atoms with Gasteiger partial charge < -0.3 is 9.79 Å². The highest BCUT2D eigenvalue weighted by atomic mass is 31.2. The van der Waals surface area contributed by atoms with Crippen LogP contribution in [-0.4, -0.2) is 36.3 Å². The Labute approximate surface area is 85.6 Å². The normalized spacial score (nSPS) is 19.9. The van der Waals surface area contributed by atoms with Crippen LogP contribution < -0.4 is 0 Å². The van der Waals surface area contributed by atoms with Gasteiger partial charge in [-0.05, 0) is 26.9 Å². The van der Waals surface area contributed by atoms with E-state index < -0.39 is 7.37 Å². The Balaban J connectivity index is 2.36. The minimum absolute atomic E-state index is 0.282. The van der Waals surface area contributed by atoms with Crippen molar-refractivity contribution in [2.45, 2.75) is 12.8 Å². The standard InChI is InChI=1S/C10H18NO2P/c1-11(2)9-14(12,13)8-7-10-5-3-4-6-10/h3,5-6H,4,7-9H2,1-2H3,(H,12,13). The van der Waals surface area contributed by atoms with Crippen molar-refractivity contribution in [1.82, 2.24) is 4.90 Å². The Morgan fingerprint density at radius 1 is 1.57 bits per heavy atom. The van der Waals surface area contributed by atoms with Gasteiger partial charge in [0.05, 0.1) is 6.29 Å². The summed E-state index contributed by atoms with van der Waals surface area (Å²) in [6, 6.07) is 0. The summed E-state index contributed by atoms with van der Waals surface area (Å²) in [5.41, 5.74) is 1.19. The SMILES string of the molecule is CN(C)CP(=O)(O)CCC1=CCC=C1. The van der Waals surface area contributed by atoms with Crippen LogP contribution in [0, 0.1) is 0 Å². The van der Waals surface area contributed by atoms with Crippen LogP contribution in [0.2, 0.25) is 0 Å². The van der Waals surface area contributed by atoms with E-state index in [1.165, 1.54) is 5.57 Å². The molecule has 4 heteroatoms. The molecule has 0 saturated carbocycles. The second kappa shape index (κ2) is 4.92. The smallest absolute Gasteiger partial charge is 0.214 e. The minimum atomic E-state index is -2.95. The van der Waals surface area contributed by atoms with Crippen molar-refractivity contribution in [1.29, 1.82) is 0 Å². The van der Waals surface area contributed by atoms with E-state index in [2.05, 4.69) is 12.2 Å². The molecule has 1 aliphatic carbocycles. The first kappa shape index (κ1) is 11.7. The van der Waals surface area contributed by atoms with Crippen molar-refractivity contribution < 1.29 is 9.46 Å². The van der Waals surface area contributed by atoms with Crippen LogP contribution in [0.1, 0.15) is 12.8 Å². The number of allylic oxidation sites excluding steroid dienone is 4. The van der Waals surface area contributed by atoms with E-state index in [1.807, 2.05) is 20.2 Å². The Kier molecular flexibility index (Phi) is 4.11. The fraction of sp³-hybridized carbons (Fsp3) is 0.600. The molecule has 0 fully saturated rings. The first-order chi connectivity index (χ1) is 6.49. The number of rotatable bonds is 5. The molecule has 3 nitrogen and oxygen atoms in total. The highest BCUT2D eigenvalue weighted by Crippen LogP contribution is 2.42. The molecule has 1 atom stereocenters. The second-order valence-corrected chi connectivity index (χ2v) is 6.38. The molecule has 1 N–H and O–H groups in total. The fourth-order valence-electron chi connectivity index (χ4n) is 1.51. The molecule has 0 heterocycles. The molecule has 0 aliphatic heterocycles. The molecular weight excluding hydrogens is 197 g/mol. The van der Waals surface area contributed by atoms with Gasteiger partial charge in [0.15, 0.2) is 0 Å². The zero-order valence-corrected chi connectivity index (χ0v) is 9.70. The molecule has 0 aromatic carbocycles. The predicted molar refractivity (Wildman–Crippen MR) is 59.7 cm³/mol. The molecule has 1 rings (SSSR count). The first-order valence-electron chi connectivity index (χ1n) is 4.81. The average Bonchev–Trinajstić information content (AvgIpc) is 2.50. The van der Waals surface area contributed by atoms with Gasteiger partial charge in [-0.15, -0.1) is 0 Å². The van der Waals surface area contributed by atoms with E-state index in [0.717, 1.165) is 12.8 Å². The van der Waals surface area contributed by atoms with Crippen LogP contribution in [0.5, 0.6) is 0 Å². The molecule has 0 aromatic heterocycles. The molecule has 0 spiro atoms. The molecule has 14 heavy (non-hydrogen) atoms. The van der Waals surface area contributed by atoms with Gasteiger partial charge in [-0.25, -0.2) is 0 Å². The van der Waals surface area contributed by atoms with Gasteiger partial charge in [-0.1, -0.05) is 23.8 Å². The first-order valence-corrected chi connectivity index (χ1v) is 6.84. The Hall–Kier alpha value is -0.370. The Bertz CT molecular complexity index is 294. The van der Waals surface area contributed by atoms with Crippen molar-refractivity contribution in [3.8, 4) is 0 Å². The molecule has 0 saturated heterocycles. The third-order valence-corrected chi connectivity index (χ3v) is 4.03. The third kappa shape index (κ3) is 4.23. The molecular formula is C10H18NO2P. The van der Waals surface area contributed by atoms with Gasteiger partial charge in [0.1, 0.15) is 0 Å². The van der Waals surface area contributed by atoms with E-state index in [-0.39, 0.29) is 6.29 Å². The van der Waals surface area contributed by atoms with E-state index in [0.29, 0.717) is 6.16 Å². The van der Waals surface area contributed by atoms with Gasteiger partial charge in [-0.3, -0.25) is 4.57 Å².